The summed E-state index contributed by atoms with van der Waals surface area (Å²) in [5.41, 5.74) is 0.570. The molecular formula is C25H36N4O4. The van der Waals surface area contributed by atoms with Gasteiger partial charge in [0.15, 0.2) is 0 Å². The second-order valence-corrected chi connectivity index (χ2v) is 10.4. The largest absolute Gasteiger partial charge is 0.444 e. The number of imide groups is 1. The second-order valence-electron chi connectivity index (χ2n) is 10.4. The Kier molecular flexibility index (Phi) is 6.93. The van der Waals surface area contributed by atoms with Crippen LogP contribution in [0.1, 0.15) is 52.0 Å². The summed E-state index contributed by atoms with van der Waals surface area (Å²) >= 11 is 0. The van der Waals surface area contributed by atoms with Gasteiger partial charge < -0.3 is 19.9 Å². The molecule has 0 bridgehead atoms. The lowest BCUT2D eigenvalue weighted by atomic mass is 9.97. The van der Waals surface area contributed by atoms with Gasteiger partial charge in [0.1, 0.15) is 11.6 Å². The molecule has 3 fully saturated rings. The van der Waals surface area contributed by atoms with E-state index in [-0.39, 0.29) is 24.1 Å². The van der Waals surface area contributed by atoms with E-state index in [2.05, 4.69) is 10.2 Å². The van der Waals surface area contributed by atoms with Gasteiger partial charge in [-0.3, -0.25) is 9.69 Å². The van der Waals surface area contributed by atoms with Crippen molar-refractivity contribution in [3.8, 4) is 0 Å². The van der Waals surface area contributed by atoms with Crippen LogP contribution in [-0.2, 0) is 16.0 Å². The molecule has 1 unspecified atom stereocenters. The first-order valence-corrected chi connectivity index (χ1v) is 12.1. The lowest BCUT2D eigenvalue weighted by Gasteiger charge is -2.42. The number of carbonyl (C=O) groups is 3. The van der Waals surface area contributed by atoms with E-state index in [1.807, 2.05) is 51.1 Å². The molecule has 3 saturated heterocycles. The lowest BCUT2D eigenvalue weighted by molar-refractivity contribution is -0.129. The summed E-state index contributed by atoms with van der Waals surface area (Å²) < 4.78 is 5.49. The molecule has 0 saturated carbocycles. The van der Waals surface area contributed by atoms with Crippen LogP contribution < -0.4 is 5.32 Å². The topological polar surface area (TPSA) is 82.2 Å². The van der Waals surface area contributed by atoms with E-state index < -0.39 is 11.6 Å². The minimum Gasteiger partial charge on any atom is -0.444 e. The zero-order chi connectivity index (χ0) is 23.6. The van der Waals surface area contributed by atoms with Crippen LogP contribution >= 0.6 is 0 Å². The normalized spacial score (nSPS) is 23.7. The molecule has 33 heavy (non-hydrogen) atoms. The number of ether oxygens (including phenoxy) is 1. The average molecular weight is 457 g/mol. The highest BCUT2D eigenvalue weighted by molar-refractivity contribution is 6.04. The molecule has 4 rings (SSSR count). The van der Waals surface area contributed by atoms with Crippen molar-refractivity contribution in [2.45, 2.75) is 76.6 Å². The van der Waals surface area contributed by atoms with E-state index in [9.17, 15) is 14.4 Å². The minimum atomic E-state index is -0.477. The number of rotatable bonds is 4. The van der Waals surface area contributed by atoms with Crippen LogP contribution in [0.2, 0.25) is 0 Å². The zero-order valence-corrected chi connectivity index (χ0v) is 20.0. The van der Waals surface area contributed by atoms with E-state index in [0.29, 0.717) is 25.6 Å². The van der Waals surface area contributed by atoms with Crippen molar-refractivity contribution in [2.24, 2.45) is 0 Å². The van der Waals surface area contributed by atoms with Crippen molar-refractivity contribution in [3.05, 3.63) is 35.9 Å². The summed E-state index contributed by atoms with van der Waals surface area (Å²) in [6.07, 6.45) is 3.73. The van der Waals surface area contributed by atoms with Gasteiger partial charge in [0.2, 0.25) is 0 Å². The van der Waals surface area contributed by atoms with Gasteiger partial charge in [0, 0.05) is 44.7 Å². The third-order valence-electron chi connectivity index (χ3n) is 6.83. The first-order chi connectivity index (χ1) is 15.7. The third kappa shape index (κ3) is 5.66. The highest BCUT2D eigenvalue weighted by Crippen LogP contribution is 2.26. The smallest absolute Gasteiger partial charge is 0.410 e. The van der Waals surface area contributed by atoms with Gasteiger partial charge in [-0.2, -0.15) is 0 Å². The fourth-order valence-corrected chi connectivity index (χ4v) is 5.13. The second kappa shape index (κ2) is 9.71. The molecule has 1 N–H and O–H groups in total. The molecule has 0 aliphatic carbocycles. The number of hydrogen-bond donors (Lipinski definition) is 1. The first kappa shape index (κ1) is 23.5. The first-order valence-electron chi connectivity index (χ1n) is 12.1. The van der Waals surface area contributed by atoms with Crippen LogP contribution in [-0.4, -0.2) is 82.6 Å². The number of carbonyl (C=O) groups excluding carboxylic acids is 3. The van der Waals surface area contributed by atoms with Crippen LogP contribution in [0.3, 0.4) is 0 Å². The Balaban J connectivity index is 1.25. The molecule has 180 valence electrons. The maximum atomic E-state index is 13.0. The number of nitrogens with one attached hydrogen (secondary N) is 1. The summed E-state index contributed by atoms with van der Waals surface area (Å²) in [5.74, 6) is -0.104. The van der Waals surface area contributed by atoms with E-state index in [1.165, 1.54) is 4.90 Å². The number of hydrogen-bond acceptors (Lipinski definition) is 5. The van der Waals surface area contributed by atoms with Crippen molar-refractivity contribution in [1.29, 1.82) is 0 Å². The van der Waals surface area contributed by atoms with Crippen molar-refractivity contribution in [2.75, 3.05) is 26.2 Å². The molecule has 0 radical (unpaired) electrons. The summed E-state index contributed by atoms with van der Waals surface area (Å²) in [6.45, 7) is 8.79. The predicted octanol–water partition coefficient (Wildman–Crippen LogP) is 3.01. The van der Waals surface area contributed by atoms with Gasteiger partial charge in [0.25, 0.3) is 5.91 Å². The molecule has 8 heteroatoms. The highest BCUT2D eigenvalue weighted by atomic mass is 16.6. The number of piperidine rings is 2. The molecule has 1 aromatic rings. The fraction of sp³-hybridized carbons (Fsp3) is 0.640. The van der Waals surface area contributed by atoms with Gasteiger partial charge in [-0.25, -0.2) is 9.59 Å². The van der Waals surface area contributed by atoms with Gasteiger partial charge in [0.05, 0.1) is 0 Å². The molecule has 0 spiro atoms. The van der Waals surface area contributed by atoms with E-state index in [0.717, 1.165) is 44.3 Å². The van der Waals surface area contributed by atoms with Crippen molar-refractivity contribution in [3.63, 3.8) is 0 Å². The number of amides is 4. The lowest BCUT2D eigenvalue weighted by Crippen LogP contribution is -2.53. The highest BCUT2D eigenvalue weighted by Gasteiger charge is 2.43. The SMILES string of the molecule is CC(C)(C)OC(=O)N1CCC(N2CCC(N3C(=O)NC(Cc4ccccc4)C3=O)CC2)CC1. The van der Waals surface area contributed by atoms with Gasteiger partial charge in [-0.05, 0) is 52.0 Å². The monoisotopic (exact) mass is 456 g/mol. The number of nitrogens with zero attached hydrogens (tertiary/aromatic N) is 3. The van der Waals surface area contributed by atoms with E-state index >= 15 is 0 Å². The maximum Gasteiger partial charge on any atom is 0.410 e. The Labute approximate surface area is 196 Å². The molecule has 3 heterocycles. The Morgan fingerprint density at radius 2 is 1.58 bits per heavy atom. The number of likely N-dealkylation sites (tertiary alicyclic amines) is 2. The standard InChI is InChI=1S/C25H36N4O4/c1-25(2,3)33-24(32)28-15-9-19(10-16-28)27-13-11-20(12-14-27)29-22(30)21(26-23(29)31)17-18-7-5-4-6-8-18/h4-8,19-21H,9-17H2,1-3H3,(H,26,31). The molecule has 1 atom stereocenters. The quantitative estimate of drug-likeness (QED) is 0.705. The molecule has 3 aliphatic heterocycles. The molecule has 0 aromatic heterocycles. The van der Waals surface area contributed by atoms with Crippen molar-refractivity contribution < 1.29 is 19.1 Å². The number of benzene rings is 1. The van der Waals surface area contributed by atoms with Gasteiger partial charge in [-0.1, -0.05) is 30.3 Å². The zero-order valence-electron chi connectivity index (χ0n) is 20.0. The molecular weight excluding hydrogens is 420 g/mol. The van der Waals surface area contributed by atoms with Crippen molar-refractivity contribution in [1.82, 2.24) is 20.0 Å². The Morgan fingerprint density at radius 3 is 2.18 bits per heavy atom. The molecule has 4 amide bonds. The Morgan fingerprint density at radius 1 is 0.970 bits per heavy atom. The fourth-order valence-electron chi connectivity index (χ4n) is 5.13. The van der Waals surface area contributed by atoms with Gasteiger partial charge in [-0.15, -0.1) is 0 Å². The number of urea groups is 1. The van der Waals surface area contributed by atoms with E-state index in [1.54, 1.807) is 4.90 Å². The summed E-state index contributed by atoms with van der Waals surface area (Å²) in [5, 5.41) is 2.88. The van der Waals surface area contributed by atoms with Crippen LogP contribution in [0.5, 0.6) is 0 Å². The Hall–Kier alpha value is -2.61. The minimum absolute atomic E-state index is 0.0450. The molecule has 1 aromatic carbocycles. The summed E-state index contributed by atoms with van der Waals surface area (Å²) in [7, 11) is 0. The van der Waals surface area contributed by atoms with Gasteiger partial charge >= 0.3 is 12.1 Å². The van der Waals surface area contributed by atoms with E-state index in [4.69, 9.17) is 4.74 Å². The molecule has 3 aliphatic rings. The average Bonchev–Trinajstić information content (AvgIpc) is 3.06. The summed E-state index contributed by atoms with van der Waals surface area (Å²) in [6, 6.07) is 9.45. The van der Waals surface area contributed by atoms with Crippen molar-refractivity contribution >= 4 is 18.0 Å². The third-order valence-corrected chi connectivity index (χ3v) is 6.83. The van der Waals surface area contributed by atoms with Crippen LogP contribution in [0.25, 0.3) is 0 Å². The van der Waals surface area contributed by atoms with Crippen LogP contribution in [0, 0.1) is 0 Å². The predicted molar refractivity (Wildman–Crippen MR) is 125 cm³/mol. The maximum absolute atomic E-state index is 13.0. The molecule has 8 nitrogen and oxygen atoms in total. The van der Waals surface area contributed by atoms with Crippen LogP contribution in [0.4, 0.5) is 9.59 Å². The summed E-state index contributed by atoms with van der Waals surface area (Å²) in [4.78, 5) is 43.6. The Bertz CT molecular complexity index is 853. The van der Waals surface area contributed by atoms with Crippen LogP contribution in [0.15, 0.2) is 30.3 Å².